The van der Waals surface area contributed by atoms with Crippen LogP contribution in [0, 0.1) is 11.3 Å². The number of fused-ring (bicyclic) bond motifs is 1. The lowest BCUT2D eigenvalue weighted by Crippen LogP contribution is -2.45. The number of hydrogen-bond acceptors (Lipinski definition) is 5. The van der Waals surface area contributed by atoms with Crippen molar-refractivity contribution in [2.45, 2.75) is 38.2 Å². The Morgan fingerprint density at radius 3 is 2.55 bits per heavy atom. The highest BCUT2D eigenvalue weighted by molar-refractivity contribution is 5.93. The zero-order valence-electron chi connectivity index (χ0n) is 18.1. The van der Waals surface area contributed by atoms with Crippen LogP contribution in [0.1, 0.15) is 47.5 Å². The average Bonchev–Trinajstić information content (AvgIpc) is 3.37. The fourth-order valence-electron chi connectivity index (χ4n) is 4.03. The molecule has 3 heterocycles. The molecule has 0 fully saturated rings. The van der Waals surface area contributed by atoms with E-state index in [-0.39, 0.29) is 24.7 Å². The quantitative estimate of drug-likeness (QED) is 0.650. The molecular weight excluding hydrogens is 437 g/mol. The standard InChI is InChI=1S/C22H21F3N6O2/c1-13-11-30(12-16-10-27-20(31(13)16)21(2,33)22(23,24)25)19(32)17-8-18(29(3)28-17)15-6-4-14(9-26)5-7-15/h4-8,10,13,33H,11-12H2,1-3H3/t13-,21?/m0/s1. The molecule has 2 aromatic heterocycles. The number of imidazole rings is 1. The van der Waals surface area contributed by atoms with E-state index in [9.17, 15) is 23.1 Å². The van der Waals surface area contributed by atoms with E-state index in [0.29, 0.717) is 23.9 Å². The van der Waals surface area contributed by atoms with E-state index in [4.69, 9.17) is 5.26 Å². The van der Waals surface area contributed by atoms with Crippen LogP contribution in [-0.2, 0) is 19.2 Å². The van der Waals surface area contributed by atoms with Crippen LogP contribution >= 0.6 is 0 Å². The maximum absolute atomic E-state index is 13.3. The van der Waals surface area contributed by atoms with Crippen LogP contribution in [-0.4, -0.2) is 48.0 Å². The Labute approximate surface area is 187 Å². The highest BCUT2D eigenvalue weighted by atomic mass is 19.4. The summed E-state index contributed by atoms with van der Waals surface area (Å²) in [6, 6.07) is 10.0. The minimum atomic E-state index is -4.89. The smallest absolute Gasteiger partial charge is 0.374 e. The van der Waals surface area contributed by atoms with Crippen molar-refractivity contribution in [1.29, 1.82) is 5.26 Å². The van der Waals surface area contributed by atoms with Crippen LogP contribution in [0.3, 0.4) is 0 Å². The number of carbonyl (C=O) groups excluding carboxylic acids is 1. The number of aromatic nitrogens is 4. The van der Waals surface area contributed by atoms with Crippen LogP contribution in [0.5, 0.6) is 0 Å². The Bertz CT molecular complexity index is 1250. The maximum Gasteiger partial charge on any atom is 0.424 e. The predicted octanol–water partition coefficient (Wildman–Crippen LogP) is 3.14. The Morgan fingerprint density at radius 2 is 1.94 bits per heavy atom. The van der Waals surface area contributed by atoms with Crippen LogP contribution in [0.2, 0.25) is 0 Å². The number of nitriles is 1. The molecule has 0 aliphatic carbocycles. The summed E-state index contributed by atoms with van der Waals surface area (Å²) in [6.45, 7) is 2.51. The van der Waals surface area contributed by atoms with E-state index in [2.05, 4.69) is 10.1 Å². The van der Waals surface area contributed by atoms with E-state index in [1.165, 1.54) is 15.7 Å². The molecule has 172 valence electrons. The number of alkyl halides is 3. The first kappa shape index (κ1) is 22.5. The van der Waals surface area contributed by atoms with Gasteiger partial charge in [-0.2, -0.15) is 23.5 Å². The third kappa shape index (κ3) is 3.76. The summed E-state index contributed by atoms with van der Waals surface area (Å²) < 4.78 is 43.0. The fraction of sp³-hybridized carbons (Fsp3) is 0.364. The third-order valence-electron chi connectivity index (χ3n) is 5.84. The Kier molecular flexibility index (Phi) is 5.29. The van der Waals surface area contributed by atoms with Gasteiger partial charge in [0.1, 0.15) is 0 Å². The monoisotopic (exact) mass is 458 g/mol. The Hall–Kier alpha value is -3.65. The molecule has 2 atom stereocenters. The van der Waals surface area contributed by atoms with Gasteiger partial charge < -0.3 is 14.6 Å². The summed E-state index contributed by atoms with van der Waals surface area (Å²) in [4.78, 5) is 18.5. The number of halogens is 3. The normalized spacial score (nSPS) is 17.9. The van der Waals surface area contributed by atoms with Crippen LogP contribution < -0.4 is 0 Å². The number of nitrogens with zero attached hydrogens (tertiary/aromatic N) is 6. The first-order valence-corrected chi connectivity index (χ1v) is 10.1. The van der Waals surface area contributed by atoms with Gasteiger partial charge in [-0.05, 0) is 37.6 Å². The number of benzene rings is 1. The number of amides is 1. The summed E-state index contributed by atoms with van der Waals surface area (Å²) in [5.41, 5.74) is -0.541. The number of carbonyl (C=O) groups is 1. The second-order valence-corrected chi connectivity index (χ2v) is 8.28. The van der Waals surface area contributed by atoms with Crippen molar-refractivity contribution in [3.63, 3.8) is 0 Å². The van der Waals surface area contributed by atoms with Crippen molar-refractivity contribution >= 4 is 5.91 Å². The molecule has 0 saturated heterocycles. The molecule has 1 N–H and O–H groups in total. The highest BCUT2D eigenvalue weighted by Gasteiger charge is 2.55. The minimum absolute atomic E-state index is 0.0346. The summed E-state index contributed by atoms with van der Waals surface area (Å²) in [6.07, 6.45) is -3.64. The van der Waals surface area contributed by atoms with Crippen molar-refractivity contribution in [1.82, 2.24) is 24.2 Å². The SMILES string of the molecule is C[C@H]1CN(C(=O)c2cc(-c3ccc(C#N)cc3)n(C)n2)Cc2cnc(C(C)(O)C(F)(F)F)n21. The molecule has 3 aromatic rings. The molecule has 0 saturated carbocycles. The Morgan fingerprint density at radius 1 is 1.27 bits per heavy atom. The lowest BCUT2D eigenvalue weighted by Gasteiger charge is -2.35. The summed E-state index contributed by atoms with van der Waals surface area (Å²) in [5.74, 6) is -0.862. The molecule has 1 aromatic carbocycles. The molecule has 4 rings (SSSR count). The summed E-state index contributed by atoms with van der Waals surface area (Å²) in [5, 5.41) is 23.4. The number of hydrogen-bond donors (Lipinski definition) is 1. The van der Waals surface area contributed by atoms with Gasteiger partial charge in [0.25, 0.3) is 5.91 Å². The van der Waals surface area contributed by atoms with Gasteiger partial charge in [-0.25, -0.2) is 4.98 Å². The molecule has 8 nitrogen and oxygen atoms in total. The zero-order valence-corrected chi connectivity index (χ0v) is 18.1. The zero-order chi connectivity index (χ0) is 24.1. The lowest BCUT2D eigenvalue weighted by atomic mass is 10.0. The lowest BCUT2D eigenvalue weighted by molar-refractivity contribution is -0.263. The average molecular weight is 458 g/mol. The van der Waals surface area contributed by atoms with Gasteiger partial charge >= 0.3 is 6.18 Å². The fourth-order valence-corrected chi connectivity index (χ4v) is 4.03. The van der Waals surface area contributed by atoms with Gasteiger partial charge in [0.2, 0.25) is 5.60 Å². The number of rotatable bonds is 3. The first-order valence-electron chi connectivity index (χ1n) is 10.1. The summed E-state index contributed by atoms with van der Waals surface area (Å²) >= 11 is 0. The summed E-state index contributed by atoms with van der Waals surface area (Å²) in [7, 11) is 1.70. The number of aryl methyl sites for hydroxylation is 1. The predicted molar refractivity (Wildman–Crippen MR) is 111 cm³/mol. The molecule has 0 radical (unpaired) electrons. The molecule has 0 spiro atoms. The van der Waals surface area contributed by atoms with E-state index >= 15 is 0 Å². The third-order valence-corrected chi connectivity index (χ3v) is 5.84. The molecule has 1 aliphatic rings. The van der Waals surface area contributed by atoms with Crippen molar-refractivity contribution in [3.05, 3.63) is 59.3 Å². The molecular formula is C22H21F3N6O2. The van der Waals surface area contributed by atoms with Gasteiger partial charge in [0, 0.05) is 13.6 Å². The maximum atomic E-state index is 13.3. The first-order chi connectivity index (χ1) is 15.4. The topological polar surface area (TPSA) is 100.0 Å². The van der Waals surface area contributed by atoms with Crippen LogP contribution in [0.15, 0.2) is 36.5 Å². The van der Waals surface area contributed by atoms with Crippen LogP contribution in [0.4, 0.5) is 13.2 Å². The van der Waals surface area contributed by atoms with E-state index in [1.807, 2.05) is 6.07 Å². The van der Waals surface area contributed by atoms with Gasteiger partial charge in [0.15, 0.2) is 11.5 Å². The van der Waals surface area contributed by atoms with E-state index in [1.54, 1.807) is 49.0 Å². The molecule has 1 amide bonds. The van der Waals surface area contributed by atoms with Gasteiger partial charge in [-0.15, -0.1) is 0 Å². The molecule has 1 unspecified atom stereocenters. The molecule has 33 heavy (non-hydrogen) atoms. The van der Waals surface area contributed by atoms with E-state index in [0.717, 1.165) is 5.56 Å². The van der Waals surface area contributed by atoms with Crippen molar-refractivity contribution in [3.8, 4) is 17.3 Å². The largest absolute Gasteiger partial charge is 0.424 e. The van der Waals surface area contributed by atoms with Crippen molar-refractivity contribution in [2.24, 2.45) is 7.05 Å². The molecule has 0 bridgehead atoms. The van der Waals surface area contributed by atoms with Crippen molar-refractivity contribution < 1.29 is 23.1 Å². The van der Waals surface area contributed by atoms with E-state index < -0.39 is 23.6 Å². The molecule has 1 aliphatic heterocycles. The van der Waals surface area contributed by atoms with Crippen molar-refractivity contribution in [2.75, 3.05) is 6.54 Å². The van der Waals surface area contributed by atoms with Gasteiger partial charge in [-0.3, -0.25) is 9.48 Å². The number of aliphatic hydroxyl groups is 1. The van der Waals surface area contributed by atoms with Gasteiger partial charge in [0.05, 0.1) is 41.8 Å². The van der Waals surface area contributed by atoms with Gasteiger partial charge in [-0.1, -0.05) is 12.1 Å². The highest BCUT2D eigenvalue weighted by Crippen LogP contribution is 2.40. The molecule has 11 heteroatoms. The Balaban J connectivity index is 1.60. The second kappa shape index (κ2) is 7.74. The minimum Gasteiger partial charge on any atom is -0.374 e. The second-order valence-electron chi connectivity index (χ2n) is 8.28. The van der Waals surface area contributed by atoms with Crippen LogP contribution in [0.25, 0.3) is 11.3 Å².